The summed E-state index contributed by atoms with van der Waals surface area (Å²) in [5.41, 5.74) is 8.91. The maximum absolute atomic E-state index is 13.1. The van der Waals surface area contributed by atoms with Crippen LogP contribution in [0.1, 0.15) is 11.3 Å². The highest BCUT2D eigenvalue weighted by Crippen LogP contribution is 2.19. The number of rotatable bonds is 3. The first kappa shape index (κ1) is 11.7. The Balaban J connectivity index is 2.30. The van der Waals surface area contributed by atoms with E-state index >= 15 is 0 Å². The molecule has 0 amide bonds. The molecule has 1 aromatic heterocycles. The quantitative estimate of drug-likeness (QED) is 0.880. The first-order valence-corrected chi connectivity index (χ1v) is 5.63. The molecule has 17 heavy (non-hydrogen) atoms. The zero-order valence-corrected chi connectivity index (χ0v) is 9.78. The van der Waals surface area contributed by atoms with Crippen LogP contribution in [0.15, 0.2) is 36.4 Å². The van der Waals surface area contributed by atoms with Crippen molar-refractivity contribution in [3.05, 3.63) is 53.5 Å². The van der Waals surface area contributed by atoms with Gasteiger partial charge in [0, 0.05) is 5.56 Å². The summed E-state index contributed by atoms with van der Waals surface area (Å²) < 4.78 is 13.1. The Labute approximate surface area is 100 Å². The highest BCUT2D eigenvalue weighted by atomic mass is 19.1. The van der Waals surface area contributed by atoms with E-state index in [4.69, 9.17) is 5.73 Å². The molecule has 1 heterocycles. The summed E-state index contributed by atoms with van der Waals surface area (Å²) in [7, 11) is 0. The van der Waals surface area contributed by atoms with Crippen LogP contribution >= 0.6 is 0 Å². The van der Waals surface area contributed by atoms with Gasteiger partial charge in [-0.3, -0.25) is 4.98 Å². The molecule has 0 unspecified atom stereocenters. The third kappa shape index (κ3) is 2.68. The fraction of sp³-hybridized carbons (Fsp3) is 0.214. The van der Waals surface area contributed by atoms with Crippen LogP contribution in [0.4, 0.5) is 4.39 Å². The molecular weight excluding hydrogens is 215 g/mol. The van der Waals surface area contributed by atoms with Crippen molar-refractivity contribution in [1.29, 1.82) is 0 Å². The van der Waals surface area contributed by atoms with Gasteiger partial charge < -0.3 is 5.73 Å². The van der Waals surface area contributed by atoms with Gasteiger partial charge >= 0.3 is 0 Å². The molecule has 0 aliphatic heterocycles. The standard InChI is InChI=1S/C14H15FN2/c1-10-13(15)6-7-14(17-10)12-4-2-11(3-5-12)8-9-16/h2-7H,8-9,16H2,1H3. The Hall–Kier alpha value is -1.74. The van der Waals surface area contributed by atoms with Gasteiger partial charge in [-0.1, -0.05) is 24.3 Å². The smallest absolute Gasteiger partial charge is 0.144 e. The van der Waals surface area contributed by atoms with Crippen LogP contribution in [0.25, 0.3) is 11.3 Å². The largest absolute Gasteiger partial charge is 0.330 e. The average molecular weight is 230 g/mol. The van der Waals surface area contributed by atoms with Crippen molar-refractivity contribution >= 4 is 0 Å². The molecule has 2 nitrogen and oxygen atoms in total. The molecule has 2 aromatic rings. The summed E-state index contributed by atoms with van der Waals surface area (Å²) in [6.07, 6.45) is 0.871. The lowest BCUT2D eigenvalue weighted by molar-refractivity contribution is 0.610. The lowest BCUT2D eigenvalue weighted by Gasteiger charge is -2.04. The van der Waals surface area contributed by atoms with E-state index in [2.05, 4.69) is 4.98 Å². The third-order valence-corrected chi connectivity index (χ3v) is 2.70. The van der Waals surface area contributed by atoms with Crippen molar-refractivity contribution in [2.45, 2.75) is 13.3 Å². The number of benzene rings is 1. The number of hydrogen-bond donors (Lipinski definition) is 1. The van der Waals surface area contributed by atoms with Crippen LogP contribution in [-0.2, 0) is 6.42 Å². The molecule has 0 aliphatic carbocycles. The maximum atomic E-state index is 13.1. The first-order valence-electron chi connectivity index (χ1n) is 5.63. The van der Waals surface area contributed by atoms with Crippen molar-refractivity contribution in [2.24, 2.45) is 5.73 Å². The molecular formula is C14H15FN2. The molecule has 0 saturated carbocycles. The van der Waals surface area contributed by atoms with Crippen LogP contribution in [-0.4, -0.2) is 11.5 Å². The minimum Gasteiger partial charge on any atom is -0.330 e. The van der Waals surface area contributed by atoms with Crippen LogP contribution < -0.4 is 5.73 Å². The van der Waals surface area contributed by atoms with Crippen molar-refractivity contribution in [1.82, 2.24) is 4.98 Å². The fourth-order valence-corrected chi connectivity index (χ4v) is 1.71. The number of aromatic nitrogens is 1. The van der Waals surface area contributed by atoms with Crippen LogP contribution in [0, 0.1) is 12.7 Å². The minimum absolute atomic E-state index is 0.270. The SMILES string of the molecule is Cc1nc(-c2ccc(CCN)cc2)ccc1F. The van der Waals surface area contributed by atoms with E-state index in [0.717, 1.165) is 17.7 Å². The molecule has 0 fully saturated rings. The highest BCUT2D eigenvalue weighted by molar-refractivity contribution is 5.59. The molecule has 2 N–H and O–H groups in total. The van der Waals surface area contributed by atoms with E-state index in [1.54, 1.807) is 13.0 Å². The van der Waals surface area contributed by atoms with Gasteiger partial charge in [0.25, 0.3) is 0 Å². The summed E-state index contributed by atoms with van der Waals surface area (Å²) in [6, 6.07) is 11.2. The monoisotopic (exact) mass is 230 g/mol. The maximum Gasteiger partial charge on any atom is 0.144 e. The van der Waals surface area contributed by atoms with Gasteiger partial charge in [0.1, 0.15) is 5.82 Å². The molecule has 3 heteroatoms. The summed E-state index contributed by atoms with van der Waals surface area (Å²) in [4.78, 5) is 4.22. The average Bonchev–Trinajstić information content (AvgIpc) is 2.34. The van der Waals surface area contributed by atoms with Crippen LogP contribution in [0.3, 0.4) is 0 Å². The second kappa shape index (κ2) is 5.06. The summed E-state index contributed by atoms with van der Waals surface area (Å²) in [5, 5.41) is 0. The number of nitrogens with two attached hydrogens (primary N) is 1. The first-order chi connectivity index (χ1) is 8.20. The molecule has 0 radical (unpaired) electrons. The number of aryl methyl sites for hydroxylation is 1. The summed E-state index contributed by atoms with van der Waals surface area (Å²) >= 11 is 0. The number of halogens is 1. The molecule has 0 saturated heterocycles. The Morgan fingerprint density at radius 1 is 1.12 bits per heavy atom. The third-order valence-electron chi connectivity index (χ3n) is 2.70. The molecule has 88 valence electrons. The van der Waals surface area contributed by atoms with E-state index in [-0.39, 0.29) is 5.82 Å². The number of pyridine rings is 1. The molecule has 0 bridgehead atoms. The van der Waals surface area contributed by atoms with Gasteiger partial charge in [-0.05, 0) is 37.6 Å². The topological polar surface area (TPSA) is 38.9 Å². The lowest BCUT2D eigenvalue weighted by atomic mass is 10.1. The Morgan fingerprint density at radius 2 is 1.82 bits per heavy atom. The highest BCUT2D eigenvalue weighted by Gasteiger charge is 2.03. The van der Waals surface area contributed by atoms with Gasteiger partial charge in [-0.15, -0.1) is 0 Å². The van der Waals surface area contributed by atoms with Crippen molar-refractivity contribution < 1.29 is 4.39 Å². The Bertz CT molecular complexity index is 506. The zero-order chi connectivity index (χ0) is 12.3. The van der Waals surface area contributed by atoms with Gasteiger partial charge in [-0.25, -0.2) is 4.39 Å². The van der Waals surface area contributed by atoms with Gasteiger partial charge in [-0.2, -0.15) is 0 Å². The number of nitrogens with zero attached hydrogens (tertiary/aromatic N) is 1. The number of hydrogen-bond acceptors (Lipinski definition) is 2. The minimum atomic E-state index is -0.270. The molecule has 0 atom stereocenters. The van der Waals surface area contributed by atoms with Crippen molar-refractivity contribution in [3.8, 4) is 11.3 Å². The lowest BCUT2D eigenvalue weighted by Crippen LogP contribution is -2.02. The van der Waals surface area contributed by atoms with Crippen molar-refractivity contribution in [3.63, 3.8) is 0 Å². The van der Waals surface area contributed by atoms with Gasteiger partial charge in [0.2, 0.25) is 0 Å². The fourth-order valence-electron chi connectivity index (χ4n) is 1.71. The van der Waals surface area contributed by atoms with Gasteiger partial charge in [0.05, 0.1) is 11.4 Å². The predicted molar refractivity (Wildman–Crippen MR) is 67.1 cm³/mol. The van der Waals surface area contributed by atoms with E-state index in [9.17, 15) is 4.39 Å². The molecule has 1 aromatic carbocycles. The molecule has 0 aliphatic rings. The summed E-state index contributed by atoms with van der Waals surface area (Å²) in [6.45, 7) is 2.31. The van der Waals surface area contributed by atoms with E-state index in [1.165, 1.54) is 11.6 Å². The van der Waals surface area contributed by atoms with E-state index in [0.29, 0.717) is 12.2 Å². The van der Waals surface area contributed by atoms with Crippen LogP contribution in [0.2, 0.25) is 0 Å². The molecule has 2 rings (SSSR count). The van der Waals surface area contributed by atoms with Crippen molar-refractivity contribution in [2.75, 3.05) is 6.54 Å². The second-order valence-corrected chi connectivity index (χ2v) is 4.00. The van der Waals surface area contributed by atoms with E-state index < -0.39 is 0 Å². The molecule has 0 spiro atoms. The Morgan fingerprint density at radius 3 is 2.41 bits per heavy atom. The van der Waals surface area contributed by atoms with Gasteiger partial charge in [0.15, 0.2) is 0 Å². The van der Waals surface area contributed by atoms with E-state index in [1.807, 2.05) is 24.3 Å². The predicted octanol–water partition coefficient (Wildman–Crippen LogP) is 2.70. The zero-order valence-electron chi connectivity index (χ0n) is 9.78. The second-order valence-electron chi connectivity index (χ2n) is 4.00. The summed E-state index contributed by atoms with van der Waals surface area (Å²) in [5.74, 6) is -0.270. The Kier molecular flexibility index (Phi) is 3.49. The normalized spacial score (nSPS) is 10.5. The van der Waals surface area contributed by atoms with Crippen LogP contribution in [0.5, 0.6) is 0 Å².